The van der Waals surface area contributed by atoms with E-state index < -0.39 is 23.9 Å². The third-order valence-electron chi connectivity index (χ3n) is 3.02. The lowest BCUT2D eigenvalue weighted by molar-refractivity contribution is -0.155. The lowest BCUT2D eigenvalue weighted by Crippen LogP contribution is -2.32. The van der Waals surface area contributed by atoms with Crippen molar-refractivity contribution in [3.8, 4) is 5.75 Å². The van der Waals surface area contributed by atoms with Crippen LogP contribution < -0.4 is 15.8 Å². The number of carbonyl (C=O) groups excluding carboxylic acids is 3. The Bertz CT molecular complexity index is 775. The molecule has 0 saturated heterocycles. The Kier molecular flexibility index (Phi) is 6.37. The summed E-state index contributed by atoms with van der Waals surface area (Å²) in [6.45, 7) is 1.05. The van der Waals surface area contributed by atoms with Crippen LogP contribution in [-0.2, 0) is 14.3 Å². The normalized spacial score (nSPS) is 11.4. The third-order valence-corrected chi connectivity index (χ3v) is 4.10. The van der Waals surface area contributed by atoms with E-state index >= 15 is 0 Å². The van der Waals surface area contributed by atoms with Crippen LogP contribution in [-0.4, -0.2) is 30.5 Å². The zero-order chi connectivity index (χ0) is 18.4. The van der Waals surface area contributed by atoms with Crippen molar-refractivity contribution >= 4 is 45.7 Å². The topological polar surface area (TPSA) is 108 Å². The summed E-state index contributed by atoms with van der Waals surface area (Å²) in [6.07, 6.45) is -1.07. The van der Waals surface area contributed by atoms with Crippen molar-refractivity contribution in [2.45, 2.75) is 13.0 Å². The minimum Gasteiger partial charge on any atom is -0.482 e. The highest BCUT2D eigenvalue weighted by Gasteiger charge is 2.20. The van der Waals surface area contributed by atoms with E-state index in [9.17, 15) is 14.4 Å². The van der Waals surface area contributed by atoms with Crippen LogP contribution in [0.2, 0.25) is 5.02 Å². The van der Waals surface area contributed by atoms with Crippen LogP contribution in [0.4, 0.5) is 5.00 Å². The first-order chi connectivity index (χ1) is 11.9. The van der Waals surface area contributed by atoms with Crippen LogP contribution in [0.25, 0.3) is 0 Å². The molecule has 3 N–H and O–H groups in total. The van der Waals surface area contributed by atoms with E-state index in [4.69, 9.17) is 26.8 Å². The van der Waals surface area contributed by atoms with Crippen molar-refractivity contribution in [1.82, 2.24) is 0 Å². The van der Waals surface area contributed by atoms with Crippen molar-refractivity contribution in [2.75, 3.05) is 11.9 Å². The summed E-state index contributed by atoms with van der Waals surface area (Å²) < 4.78 is 10.2. The van der Waals surface area contributed by atoms with Gasteiger partial charge in [0.15, 0.2) is 12.7 Å². The largest absolute Gasteiger partial charge is 0.482 e. The molecule has 2 amide bonds. The Labute approximate surface area is 152 Å². The quantitative estimate of drug-likeness (QED) is 0.715. The number of hydrogen-bond donors (Lipinski definition) is 2. The molecule has 0 aliphatic heterocycles. The van der Waals surface area contributed by atoms with Crippen LogP contribution >= 0.6 is 22.9 Å². The van der Waals surface area contributed by atoms with Gasteiger partial charge in [-0.3, -0.25) is 9.59 Å². The zero-order valence-corrected chi connectivity index (χ0v) is 14.7. The van der Waals surface area contributed by atoms with Crippen LogP contribution in [0.15, 0.2) is 35.7 Å². The Hall–Kier alpha value is -2.58. The van der Waals surface area contributed by atoms with Gasteiger partial charge in [-0.1, -0.05) is 11.6 Å². The van der Waals surface area contributed by atoms with Gasteiger partial charge in [-0.05, 0) is 42.6 Å². The van der Waals surface area contributed by atoms with Crippen LogP contribution in [0.3, 0.4) is 0 Å². The molecule has 0 bridgehead atoms. The Balaban J connectivity index is 1.83. The van der Waals surface area contributed by atoms with Gasteiger partial charge in [-0.25, -0.2) is 4.79 Å². The fourth-order valence-corrected chi connectivity index (χ4v) is 2.69. The summed E-state index contributed by atoms with van der Waals surface area (Å²) in [7, 11) is 0. The number of esters is 1. The van der Waals surface area contributed by atoms with Crippen molar-refractivity contribution in [3.63, 3.8) is 0 Å². The Morgan fingerprint density at radius 2 is 1.92 bits per heavy atom. The van der Waals surface area contributed by atoms with Gasteiger partial charge >= 0.3 is 5.97 Å². The first kappa shape index (κ1) is 18.8. The molecule has 7 nitrogen and oxygen atoms in total. The number of nitrogens with two attached hydrogens (primary N) is 1. The van der Waals surface area contributed by atoms with Crippen molar-refractivity contribution < 1.29 is 23.9 Å². The molecule has 0 spiro atoms. The van der Waals surface area contributed by atoms with Gasteiger partial charge in [0, 0.05) is 5.02 Å². The molecule has 2 aromatic rings. The van der Waals surface area contributed by atoms with Gasteiger partial charge in [0.25, 0.3) is 11.8 Å². The highest BCUT2D eigenvalue weighted by molar-refractivity contribution is 7.14. The summed E-state index contributed by atoms with van der Waals surface area (Å²) in [5.41, 5.74) is 5.40. The second-order valence-corrected chi connectivity index (χ2v) is 6.24. The van der Waals surface area contributed by atoms with Gasteiger partial charge in [-0.2, -0.15) is 0 Å². The summed E-state index contributed by atoms with van der Waals surface area (Å²) in [4.78, 5) is 35.0. The van der Waals surface area contributed by atoms with Gasteiger partial charge < -0.3 is 20.5 Å². The van der Waals surface area contributed by atoms with E-state index in [1.807, 2.05) is 0 Å². The highest BCUT2D eigenvalue weighted by Crippen LogP contribution is 2.23. The molecule has 2 rings (SSSR count). The first-order valence-corrected chi connectivity index (χ1v) is 8.38. The number of anilines is 1. The van der Waals surface area contributed by atoms with Gasteiger partial charge in [0.1, 0.15) is 10.8 Å². The number of halogens is 1. The van der Waals surface area contributed by atoms with Crippen LogP contribution in [0.5, 0.6) is 5.75 Å². The zero-order valence-electron chi connectivity index (χ0n) is 13.2. The molecule has 9 heteroatoms. The maximum Gasteiger partial charge on any atom is 0.344 e. The molecule has 1 heterocycles. The average Bonchev–Trinajstić information content (AvgIpc) is 3.02. The average molecular weight is 383 g/mol. The number of benzene rings is 1. The van der Waals surface area contributed by atoms with E-state index in [0.29, 0.717) is 15.8 Å². The number of amides is 2. The minimum absolute atomic E-state index is 0.197. The standard InChI is InChI=1S/C16H15ClN2O5S/c1-9(15(22)19-16-12(14(18)21)6-7-25-16)24-13(20)8-23-11-4-2-10(17)3-5-11/h2-7,9H,8H2,1H3,(H2,18,21)(H,19,22)/t9-/m1/s1. The molecule has 0 fully saturated rings. The van der Waals surface area contributed by atoms with Gasteiger partial charge in [-0.15, -0.1) is 11.3 Å². The Morgan fingerprint density at radius 3 is 2.56 bits per heavy atom. The van der Waals surface area contributed by atoms with Gasteiger partial charge in [0.2, 0.25) is 0 Å². The highest BCUT2D eigenvalue weighted by atomic mass is 35.5. The Morgan fingerprint density at radius 1 is 1.24 bits per heavy atom. The van der Waals surface area contributed by atoms with Crippen LogP contribution in [0, 0.1) is 0 Å². The lowest BCUT2D eigenvalue weighted by Gasteiger charge is -2.13. The number of hydrogen-bond acceptors (Lipinski definition) is 6. The SMILES string of the molecule is C[C@@H](OC(=O)COc1ccc(Cl)cc1)C(=O)Nc1sccc1C(N)=O. The fourth-order valence-electron chi connectivity index (χ4n) is 1.77. The fraction of sp³-hybridized carbons (Fsp3) is 0.188. The smallest absolute Gasteiger partial charge is 0.344 e. The number of primary amides is 1. The predicted molar refractivity (Wildman–Crippen MR) is 94.0 cm³/mol. The summed E-state index contributed by atoms with van der Waals surface area (Å²) in [5, 5.41) is 4.97. The molecule has 1 aromatic carbocycles. The number of thiophene rings is 1. The molecule has 1 aromatic heterocycles. The molecule has 1 atom stereocenters. The predicted octanol–water partition coefficient (Wildman–Crippen LogP) is 2.45. The molecule has 0 saturated carbocycles. The first-order valence-electron chi connectivity index (χ1n) is 7.13. The lowest BCUT2D eigenvalue weighted by atomic mass is 10.3. The molecule has 25 heavy (non-hydrogen) atoms. The third kappa shape index (κ3) is 5.47. The number of carbonyl (C=O) groups is 3. The number of nitrogens with one attached hydrogen (secondary N) is 1. The summed E-state index contributed by atoms with van der Waals surface area (Å²) in [5.74, 6) is -1.50. The van der Waals surface area contributed by atoms with Crippen molar-refractivity contribution in [3.05, 3.63) is 46.3 Å². The maximum absolute atomic E-state index is 12.0. The van der Waals surface area contributed by atoms with Crippen molar-refractivity contribution in [1.29, 1.82) is 0 Å². The minimum atomic E-state index is -1.07. The van der Waals surface area contributed by atoms with Gasteiger partial charge in [0.05, 0.1) is 5.56 Å². The second-order valence-electron chi connectivity index (χ2n) is 4.89. The molecule has 0 aliphatic rings. The maximum atomic E-state index is 12.0. The second kappa shape index (κ2) is 8.50. The molecule has 0 unspecified atom stereocenters. The molecule has 132 valence electrons. The van der Waals surface area contributed by atoms with Crippen molar-refractivity contribution in [2.24, 2.45) is 5.73 Å². The van der Waals surface area contributed by atoms with E-state index in [1.165, 1.54) is 13.0 Å². The number of ether oxygens (including phenoxy) is 2. The molecular weight excluding hydrogens is 368 g/mol. The molecule has 0 radical (unpaired) electrons. The summed E-state index contributed by atoms with van der Waals surface area (Å²) >= 11 is 6.89. The van der Waals surface area contributed by atoms with E-state index in [0.717, 1.165) is 11.3 Å². The molecular formula is C16H15ClN2O5S. The van der Waals surface area contributed by atoms with E-state index in [-0.39, 0.29) is 12.2 Å². The molecule has 0 aliphatic carbocycles. The monoisotopic (exact) mass is 382 g/mol. The van der Waals surface area contributed by atoms with E-state index in [1.54, 1.807) is 29.6 Å². The summed E-state index contributed by atoms with van der Waals surface area (Å²) in [6, 6.07) is 7.95. The van der Waals surface area contributed by atoms with E-state index in [2.05, 4.69) is 5.32 Å². The number of rotatable bonds is 7. The van der Waals surface area contributed by atoms with Crippen LogP contribution in [0.1, 0.15) is 17.3 Å².